The molecule has 0 bridgehead atoms. The van der Waals surface area contributed by atoms with E-state index < -0.39 is 0 Å². The number of hydrogen-bond donors (Lipinski definition) is 1. The van der Waals surface area contributed by atoms with E-state index in [9.17, 15) is 0 Å². The van der Waals surface area contributed by atoms with Gasteiger partial charge in [0.05, 0.1) is 12.2 Å². The normalized spacial score (nSPS) is 38.8. The summed E-state index contributed by atoms with van der Waals surface area (Å²) in [4.78, 5) is 0. The Labute approximate surface area is 79.6 Å². The molecule has 0 amide bonds. The lowest BCUT2D eigenvalue weighted by Gasteiger charge is -2.40. The van der Waals surface area contributed by atoms with Crippen molar-refractivity contribution in [2.45, 2.75) is 43.9 Å². The molecule has 0 heterocycles. The van der Waals surface area contributed by atoms with Crippen LogP contribution in [0.1, 0.15) is 25.7 Å². The summed E-state index contributed by atoms with van der Waals surface area (Å²) in [6, 6.07) is 0.191. The van der Waals surface area contributed by atoms with E-state index in [4.69, 9.17) is 15.2 Å². The number of rotatable bonds is 5. The summed E-state index contributed by atoms with van der Waals surface area (Å²) in [5.74, 6) is 0.953. The Hall–Kier alpha value is -0.120. The van der Waals surface area contributed by atoms with Crippen LogP contribution in [0.4, 0.5) is 0 Å². The fourth-order valence-corrected chi connectivity index (χ4v) is 1.90. The number of hydrogen-bond acceptors (Lipinski definition) is 3. The van der Waals surface area contributed by atoms with Gasteiger partial charge < -0.3 is 15.2 Å². The summed E-state index contributed by atoms with van der Waals surface area (Å²) in [6.45, 7) is 0.891. The van der Waals surface area contributed by atoms with Gasteiger partial charge in [0.25, 0.3) is 0 Å². The SMILES string of the molecule is COC1C(N)CC1OCCC1CC1. The molecule has 3 atom stereocenters. The Kier molecular flexibility index (Phi) is 2.86. The van der Waals surface area contributed by atoms with Crippen LogP contribution in [0.25, 0.3) is 0 Å². The largest absolute Gasteiger partial charge is 0.377 e. The van der Waals surface area contributed by atoms with Gasteiger partial charge in [-0.05, 0) is 18.8 Å². The molecule has 2 saturated carbocycles. The molecule has 0 saturated heterocycles. The first kappa shape index (κ1) is 9.44. The van der Waals surface area contributed by atoms with Crippen molar-refractivity contribution < 1.29 is 9.47 Å². The van der Waals surface area contributed by atoms with Crippen LogP contribution in [-0.2, 0) is 9.47 Å². The standard InChI is InChI=1S/C10H19NO2/c1-12-10-8(11)6-9(10)13-5-4-7-2-3-7/h7-10H,2-6,11H2,1H3. The van der Waals surface area contributed by atoms with Crippen molar-refractivity contribution in [2.24, 2.45) is 11.7 Å². The molecule has 2 rings (SSSR count). The highest BCUT2D eigenvalue weighted by molar-refractivity contribution is 4.94. The molecule has 3 unspecified atom stereocenters. The van der Waals surface area contributed by atoms with E-state index in [1.165, 1.54) is 19.3 Å². The molecule has 0 spiro atoms. The van der Waals surface area contributed by atoms with E-state index in [1.54, 1.807) is 7.11 Å². The smallest absolute Gasteiger partial charge is 0.0984 e. The van der Waals surface area contributed by atoms with Crippen LogP contribution < -0.4 is 5.73 Å². The van der Waals surface area contributed by atoms with Gasteiger partial charge in [-0.2, -0.15) is 0 Å². The van der Waals surface area contributed by atoms with Crippen molar-refractivity contribution in [3.8, 4) is 0 Å². The zero-order valence-electron chi connectivity index (χ0n) is 8.24. The number of methoxy groups -OCH3 is 1. The van der Waals surface area contributed by atoms with Gasteiger partial charge in [-0.1, -0.05) is 12.8 Å². The minimum atomic E-state index is 0.138. The third-order valence-electron chi connectivity index (χ3n) is 3.12. The van der Waals surface area contributed by atoms with E-state index in [-0.39, 0.29) is 18.2 Å². The summed E-state index contributed by atoms with van der Waals surface area (Å²) >= 11 is 0. The molecule has 2 aliphatic rings. The van der Waals surface area contributed by atoms with Crippen molar-refractivity contribution >= 4 is 0 Å². The molecule has 0 aromatic heterocycles. The monoisotopic (exact) mass is 185 g/mol. The molecule has 0 aromatic rings. The maximum atomic E-state index is 5.76. The summed E-state index contributed by atoms with van der Waals surface area (Å²) in [6.07, 6.45) is 5.39. The van der Waals surface area contributed by atoms with Gasteiger partial charge in [0.2, 0.25) is 0 Å². The quantitative estimate of drug-likeness (QED) is 0.692. The van der Waals surface area contributed by atoms with Crippen LogP contribution in [0.3, 0.4) is 0 Å². The van der Waals surface area contributed by atoms with Crippen molar-refractivity contribution in [1.29, 1.82) is 0 Å². The Morgan fingerprint density at radius 2 is 2.15 bits per heavy atom. The first-order valence-electron chi connectivity index (χ1n) is 5.21. The lowest BCUT2D eigenvalue weighted by molar-refractivity contribution is -0.126. The van der Waals surface area contributed by atoms with Crippen LogP contribution >= 0.6 is 0 Å². The number of ether oxygens (including phenoxy) is 2. The molecule has 76 valence electrons. The van der Waals surface area contributed by atoms with Gasteiger partial charge in [-0.25, -0.2) is 0 Å². The van der Waals surface area contributed by atoms with E-state index in [1.807, 2.05) is 0 Å². The first-order chi connectivity index (χ1) is 6.31. The molecule has 2 N–H and O–H groups in total. The average molecular weight is 185 g/mol. The zero-order chi connectivity index (χ0) is 9.26. The van der Waals surface area contributed by atoms with Gasteiger partial charge in [0.1, 0.15) is 0 Å². The van der Waals surface area contributed by atoms with Gasteiger partial charge in [-0.15, -0.1) is 0 Å². The molecular weight excluding hydrogens is 166 g/mol. The second-order valence-corrected chi connectivity index (χ2v) is 4.24. The van der Waals surface area contributed by atoms with Crippen LogP contribution in [0.15, 0.2) is 0 Å². The van der Waals surface area contributed by atoms with Crippen LogP contribution in [0.5, 0.6) is 0 Å². The Bertz CT molecular complexity index is 170. The predicted octanol–water partition coefficient (Wildman–Crippen LogP) is 0.918. The van der Waals surface area contributed by atoms with Crippen molar-refractivity contribution in [3.63, 3.8) is 0 Å². The van der Waals surface area contributed by atoms with Crippen molar-refractivity contribution in [1.82, 2.24) is 0 Å². The summed E-state index contributed by atoms with van der Waals surface area (Å²) in [5, 5.41) is 0. The molecular formula is C10H19NO2. The van der Waals surface area contributed by atoms with Gasteiger partial charge in [0.15, 0.2) is 0 Å². The lowest BCUT2D eigenvalue weighted by atomic mass is 9.86. The first-order valence-corrected chi connectivity index (χ1v) is 5.21. The molecule has 13 heavy (non-hydrogen) atoms. The fraction of sp³-hybridized carbons (Fsp3) is 1.00. The fourth-order valence-electron chi connectivity index (χ4n) is 1.90. The average Bonchev–Trinajstić information content (AvgIpc) is 2.87. The van der Waals surface area contributed by atoms with Crippen LogP contribution in [0.2, 0.25) is 0 Å². The van der Waals surface area contributed by atoms with Crippen LogP contribution in [0, 0.1) is 5.92 Å². The molecule has 3 heteroatoms. The van der Waals surface area contributed by atoms with E-state index in [2.05, 4.69) is 0 Å². The molecule has 0 aromatic carbocycles. The highest BCUT2D eigenvalue weighted by Gasteiger charge is 2.39. The topological polar surface area (TPSA) is 44.5 Å². The molecule has 3 nitrogen and oxygen atoms in total. The van der Waals surface area contributed by atoms with E-state index >= 15 is 0 Å². The van der Waals surface area contributed by atoms with Crippen molar-refractivity contribution in [2.75, 3.05) is 13.7 Å². The summed E-state index contributed by atoms with van der Waals surface area (Å²) in [7, 11) is 1.71. The van der Waals surface area contributed by atoms with E-state index in [0.717, 1.165) is 18.9 Å². The minimum Gasteiger partial charge on any atom is -0.377 e. The van der Waals surface area contributed by atoms with Gasteiger partial charge in [0, 0.05) is 19.8 Å². The minimum absolute atomic E-state index is 0.138. The highest BCUT2D eigenvalue weighted by Crippen LogP contribution is 2.33. The second kappa shape index (κ2) is 3.95. The second-order valence-electron chi connectivity index (χ2n) is 4.24. The van der Waals surface area contributed by atoms with Crippen LogP contribution in [-0.4, -0.2) is 32.0 Å². The van der Waals surface area contributed by atoms with Crippen molar-refractivity contribution in [3.05, 3.63) is 0 Å². The Morgan fingerprint density at radius 1 is 1.38 bits per heavy atom. The third-order valence-corrected chi connectivity index (χ3v) is 3.12. The highest BCUT2D eigenvalue weighted by atomic mass is 16.5. The lowest BCUT2D eigenvalue weighted by Crippen LogP contribution is -2.57. The molecule has 0 radical (unpaired) electrons. The Balaban J connectivity index is 1.58. The number of nitrogens with two attached hydrogens (primary N) is 1. The molecule has 2 aliphatic carbocycles. The maximum absolute atomic E-state index is 5.76. The predicted molar refractivity (Wildman–Crippen MR) is 50.5 cm³/mol. The molecule has 0 aliphatic heterocycles. The third kappa shape index (κ3) is 2.22. The summed E-state index contributed by atoms with van der Waals surface area (Å²) in [5.41, 5.74) is 5.76. The van der Waals surface area contributed by atoms with Gasteiger partial charge >= 0.3 is 0 Å². The Morgan fingerprint density at radius 3 is 2.69 bits per heavy atom. The van der Waals surface area contributed by atoms with Gasteiger partial charge in [-0.3, -0.25) is 0 Å². The zero-order valence-corrected chi connectivity index (χ0v) is 8.24. The maximum Gasteiger partial charge on any atom is 0.0984 e. The molecule has 2 fully saturated rings. The van der Waals surface area contributed by atoms with E-state index in [0.29, 0.717) is 0 Å². The summed E-state index contributed by atoms with van der Waals surface area (Å²) < 4.78 is 10.9.